The Morgan fingerprint density at radius 2 is 2.00 bits per heavy atom. The summed E-state index contributed by atoms with van der Waals surface area (Å²) in [5.41, 5.74) is 2.15. The van der Waals surface area contributed by atoms with Gasteiger partial charge >= 0.3 is 0 Å². The zero-order chi connectivity index (χ0) is 9.68. The van der Waals surface area contributed by atoms with Crippen LogP contribution in [0.5, 0.6) is 0 Å². The summed E-state index contributed by atoms with van der Waals surface area (Å²) in [7, 11) is 0. The van der Waals surface area contributed by atoms with E-state index in [1.165, 1.54) is 0 Å². The van der Waals surface area contributed by atoms with Crippen molar-refractivity contribution < 1.29 is 0 Å². The molecule has 0 aromatic heterocycles. The van der Waals surface area contributed by atoms with Crippen molar-refractivity contribution in [3.8, 4) is 0 Å². The van der Waals surface area contributed by atoms with Gasteiger partial charge in [0.15, 0.2) is 0 Å². The van der Waals surface area contributed by atoms with Crippen molar-refractivity contribution in [3.63, 3.8) is 0 Å². The van der Waals surface area contributed by atoms with E-state index < -0.39 is 0 Å². The van der Waals surface area contributed by atoms with Crippen molar-refractivity contribution in [1.29, 1.82) is 0 Å². The van der Waals surface area contributed by atoms with Gasteiger partial charge in [-0.1, -0.05) is 25.1 Å². The molecule has 0 N–H and O–H groups in total. The average molecular weight is 193 g/mol. The highest BCUT2D eigenvalue weighted by Gasteiger charge is 2.02. The second-order valence-electron chi connectivity index (χ2n) is 2.97. The van der Waals surface area contributed by atoms with Crippen molar-refractivity contribution in [2.24, 2.45) is 4.99 Å². The second-order valence-corrected chi connectivity index (χ2v) is 3.74. The molecule has 13 heavy (non-hydrogen) atoms. The first-order valence-corrected chi connectivity index (χ1v) is 5.06. The first kappa shape index (κ1) is 10.3. The Hall–Kier alpha value is -0.760. The van der Waals surface area contributed by atoms with Gasteiger partial charge in [-0.15, -0.1) is 0 Å². The van der Waals surface area contributed by atoms with Crippen LogP contribution in [-0.4, -0.2) is 11.0 Å². The Kier molecular flexibility index (Phi) is 4.03. The number of para-hydroxylation sites is 1. The maximum Gasteiger partial charge on any atom is 0.0629 e. The van der Waals surface area contributed by atoms with Crippen LogP contribution in [0.3, 0.4) is 0 Å². The van der Waals surface area contributed by atoms with Crippen LogP contribution in [0, 0.1) is 0 Å². The molecule has 0 fully saturated rings. The summed E-state index contributed by atoms with van der Waals surface area (Å²) in [4.78, 5) is 4.52. The normalized spacial score (nSPS) is 14.2. The molecular weight excluding hydrogens is 178 g/mol. The minimum Gasteiger partial charge on any atom is -0.257 e. The molecule has 1 aromatic rings. The van der Waals surface area contributed by atoms with Crippen molar-refractivity contribution >= 4 is 24.0 Å². The molecule has 0 aliphatic heterocycles. The van der Waals surface area contributed by atoms with E-state index in [1.807, 2.05) is 37.3 Å². The van der Waals surface area contributed by atoms with Crippen molar-refractivity contribution in [2.45, 2.75) is 25.5 Å². The number of hydrogen-bond acceptors (Lipinski definition) is 2. The fourth-order valence-corrected chi connectivity index (χ4v) is 1.38. The number of rotatable bonds is 3. The first-order chi connectivity index (χ1) is 6.24. The largest absolute Gasteiger partial charge is 0.257 e. The fourth-order valence-electron chi connectivity index (χ4n) is 1.14. The summed E-state index contributed by atoms with van der Waals surface area (Å²) >= 11 is 4.37. The highest BCUT2D eigenvalue weighted by Crippen LogP contribution is 2.13. The molecule has 0 saturated carbocycles. The molecule has 0 heterocycles. The van der Waals surface area contributed by atoms with Crippen LogP contribution >= 0.6 is 12.6 Å². The van der Waals surface area contributed by atoms with Crippen LogP contribution in [0.1, 0.15) is 20.3 Å². The summed E-state index contributed by atoms with van der Waals surface area (Å²) in [5.74, 6) is 0. The van der Waals surface area contributed by atoms with Gasteiger partial charge in [0.25, 0.3) is 0 Å². The molecule has 2 heteroatoms. The van der Waals surface area contributed by atoms with Crippen molar-refractivity contribution in [3.05, 3.63) is 30.3 Å². The molecule has 0 aliphatic rings. The van der Waals surface area contributed by atoms with Gasteiger partial charge in [0.2, 0.25) is 0 Å². The minimum absolute atomic E-state index is 0.241. The van der Waals surface area contributed by atoms with Gasteiger partial charge in [-0.3, -0.25) is 4.99 Å². The summed E-state index contributed by atoms with van der Waals surface area (Å²) in [6.45, 7) is 4.16. The van der Waals surface area contributed by atoms with Gasteiger partial charge in [0, 0.05) is 11.0 Å². The highest BCUT2D eigenvalue weighted by molar-refractivity contribution is 7.81. The molecule has 1 aromatic carbocycles. The average Bonchev–Trinajstić information content (AvgIpc) is 2.15. The number of nitrogens with zero attached hydrogens (tertiary/aromatic N) is 1. The zero-order valence-electron chi connectivity index (χ0n) is 8.07. The van der Waals surface area contributed by atoms with Crippen molar-refractivity contribution in [2.75, 3.05) is 0 Å². The number of aliphatic imine (C=N–C) groups is 1. The lowest BCUT2D eigenvalue weighted by Gasteiger charge is -2.06. The maximum atomic E-state index is 4.52. The summed E-state index contributed by atoms with van der Waals surface area (Å²) in [5, 5.41) is 0.241. The van der Waals surface area contributed by atoms with E-state index in [-0.39, 0.29) is 5.25 Å². The Morgan fingerprint density at radius 3 is 2.46 bits per heavy atom. The third kappa shape index (κ3) is 3.23. The predicted octanol–water partition coefficient (Wildman–Crippen LogP) is 3.49. The summed E-state index contributed by atoms with van der Waals surface area (Å²) < 4.78 is 0. The lowest BCUT2D eigenvalue weighted by atomic mass is 10.2. The third-order valence-corrected chi connectivity index (χ3v) is 2.17. The molecular formula is C11H15NS. The number of hydrogen-bond donors (Lipinski definition) is 1. The van der Waals surface area contributed by atoms with E-state index in [2.05, 4.69) is 24.5 Å². The quantitative estimate of drug-likeness (QED) is 0.557. The SMILES string of the molecule is CCC(=Nc1ccccc1)C(C)S. The van der Waals surface area contributed by atoms with Gasteiger partial charge < -0.3 is 0 Å². The van der Waals surface area contributed by atoms with Crippen LogP contribution in [0.4, 0.5) is 5.69 Å². The molecule has 0 radical (unpaired) electrons. The van der Waals surface area contributed by atoms with Crippen LogP contribution in [0.15, 0.2) is 35.3 Å². The minimum atomic E-state index is 0.241. The molecule has 0 spiro atoms. The van der Waals surface area contributed by atoms with Gasteiger partial charge in [0.1, 0.15) is 0 Å². The van der Waals surface area contributed by atoms with E-state index in [0.717, 1.165) is 17.8 Å². The Labute approximate surface area is 85.3 Å². The van der Waals surface area contributed by atoms with E-state index in [4.69, 9.17) is 0 Å². The molecule has 1 rings (SSSR count). The fraction of sp³-hybridized carbons (Fsp3) is 0.364. The molecule has 1 nitrogen and oxygen atoms in total. The van der Waals surface area contributed by atoms with Gasteiger partial charge in [-0.2, -0.15) is 12.6 Å². The predicted molar refractivity (Wildman–Crippen MR) is 62.3 cm³/mol. The maximum absolute atomic E-state index is 4.52. The topological polar surface area (TPSA) is 12.4 Å². The highest BCUT2D eigenvalue weighted by atomic mass is 32.1. The molecule has 1 atom stereocenters. The number of benzene rings is 1. The third-order valence-electron chi connectivity index (χ3n) is 1.87. The second kappa shape index (κ2) is 5.07. The molecule has 0 amide bonds. The lowest BCUT2D eigenvalue weighted by Crippen LogP contribution is -2.08. The smallest absolute Gasteiger partial charge is 0.0629 e. The Morgan fingerprint density at radius 1 is 1.38 bits per heavy atom. The molecule has 1 unspecified atom stereocenters. The van der Waals surface area contributed by atoms with Gasteiger partial charge in [-0.25, -0.2) is 0 Å². The molecule has 0 aliphatic carbocycles. The Bertz CT molecular complexity index is 277. The van der Waals surface area contributed by atoms with E-state index >= 15 is 0 Å². The zero-order valence-corrected chi connectivity index (χ0v) is 8.96. The molecule has 70 valence electrons. The van der Waals surface area contributed by atoms with Gasteiger partial charge in [0.05, 0.1) is 5.69 Å². The van der Waals surface area contributed by atoms with Crippen LogP contribution < -0.4 is 0 Å². The van der Waals surface area contributed by atoms with Crippen LogP contribution in [0.25, 0.3) is 0 Å². The lowest BCUT2D eigenvalue weighted by molar-refractivity contribution is 1.17. The van der Waals surface area contributed by atoms with Crippen LogP contribution in [0.2, 0.25) is 0 Å². The van der Waals surface area contributed by atoms with Crippen LogP contribution in [-0.2, 0) is 0 Å². The summed E-state index contributed by atoms with van der Waals surface area (Å²) in [6.07, 6.45) is 0.958. The van der Waals surface area contributed by atoms with E-state index in [9.17, 15) is 0 Å². The molecule has 0 bridgehead atoms. The monoisotopic (exact) mass is 193 g/mol. The summed E-state index contributed by atoms with van der Waals surface area (Å²) in [6, 6.07) is 10.00. The van der Waals surface area contributed by atoms with E-state index in [1.54, 1.807) is 0 Å². The standard InChI is InChI=1S/C11H15NS/c1-3-11(9(2)13)12-10-7-5-4-6-8-10/h4-9,13H,3H2,1-2H3. The van der Waals surface area contributed by atoms with E-state index in [0.29, 0.717) is 0 Å². The van der Waals surface area contributed by atoms with Gasteiger partial charge in [-0.05, 0) is 25.5 Å². The molecule has 0 saturated heterocycles. The van der Waals surface area contributed by atoms with Crippen molar-refractivity contribution in [1.82, 2.24) is 0 Å². The Balaban J connectivity index is 2.85. The number of thiol groups is 1. The first-order valence-electron chi connectivity index (χ1n) is 4.54.